The molecule has 0 saturated heterocycles. The van der Waals surface area contributed by atoms with E-state index in [1.54, 1.807) is 0 Å². The third-order valence-corrected chi connectivity index (χ3v) is 6.00. The lowest BCUT2D eigenvalue weighted by atomic mass is 10.1. The number of aliphatic hydroxyl groups excluding tert-OH is 2. The molecular weight excluding hydrogens is 708 g/mol. The number of nitro benzene ring substituents is 2. The van der Waals surface area contributed by atoms with Crippen LogP contribution in [0.5, 0.6) is 23.0 Å². The summed E-state index contributed by atoms with van der Waals surface area (Å²) < 4.78 is 39.7. The molecule has 2 aromatic rings. The molecule has 0 aliphatic carbocycles. The number of aliphatic hydroxyl groups is 2. The Labute approximate surface area is 305 Å². The fourth-order valence-corrected chi connectivity index (χ4v) is 3.30. The van der Waals surface area contributed by atoms with Gasteiger partial charge in [0.15, 0.2) is 29.8 Å². The highest BCUT2D eigenvalue weighted by molar-refractivity contribution is 6.00. The molecule has 19 heteroatoms. The molecule has 0 saturated carbocycles. The van der Waals surface area contributed by atoms with Crippen molar-refractivity contribution in [3.63, 3.8) is 0 Å². The number of carbonyl (C=O) groups is 3. The van der Waals surface area contributed by atoms with Gasteiger partial charge in [-0.1, -0.05) is 19.7 Å². The smallest absolute Gasteiger partial charge is 0.340 e. The lowest BCUT2D eigenvalue weighted by molar-refractivity contribution is -0.386. The van der Waals surface area contributed by atoms with Crippen molar-refractivity contribution < 1.29 is 72.3 Å². The van der Waals surface area contributed by atoms with Crippen LogP contribution in [0.15, 0.2) is 60.7 Å². The van der Waals surface area contributed by atoms with Crippen LogP contribution in [0.1, 0.15) is 31.9 Å². The summed E-state index contributed by atoms with van der Waals surface area (Å²) in [6.07, 6.45) is 0. The van der Waals surface area contributed by atoms with E-state index in [1.807, 2.05) is 0 Å². The van der Waals surface area contributed by atoms with Crippen molar-refractivity contribution in [3.05, 3.63) is 92.1 Å². The maximum atomic E-state index is 11.1. The summed E-state index contributed by atoms with van der Waals surface area (Å²) in [6, 6.07) is 5.13. The SMILES string of the molecule is C=C(C)C(=O)OC(=O)C(=C)C.C=C(C)C(=O)OCOCCOc1cc([N+](=O)[O-])c(CO)cc1OC.COCCOc1cc([N+](=O)[O-])c(CO)cc1OC. The third-order valence-electron chi connectivity index (χ3n) is 6.00. The molecule has 0 radical (unpaired) electrons. The molecule has 53 heavy (non-hydrogen) atoms. The van der Waals surface area contributed by atoms with Crippen LogP contribution in [0.4, 0.5) is 11.4 Å². The van der Waals surface area contributed by atoms with Gasteiger partial charge in [-0.25, -0.2) is 14.4 Å². The molecule has 0 heterocycles. The van der Waals surface area contributed by atoms with E-state index in [0.717, 1.165) is 0 Å². The van der Waals surface area contributed by atoms with Crippen molar-refractivity contribution in [2.45, 2.75) is 34.0 Å². The number of methoxy groups -OCH3 is 3. The fraction of sp³-hybridized carbons (Fsp3) is 0.382. The second-order valence-electron chi connectivity index (χ2n) is 10.3. The summed E-state index contributed by atoms with van der Waals surface area (Å²) in [5, 5.41) is 40.1. The fourth-order valence-electron chi connectivity index (χ4n) is 3.30. The van der Waals surface area contributed by atoms with Gasteiger partial charge < -0.3 is 48.1 Å². The zero-order chi connectivity index (χ0) is 40.7. The van der Waals surface area contributed by atoms with E-state index in [9.17, 15) is 34.6 Å². The molecule has 2 rings (SSSR count). The molecule has 292 valence electrons. The van der Waals surface area contributed by atoms with E-state index in [-0.39, 0.29) is 83.1 Å². The van der Waals surface area contributed by atoms with Gasteiger partial charge in [0.2, 0.25) is 0 Å². The van der Waals surface area contributed by atoms with Crippen LogP contribution in [-0.2, 0) is 46.5 Å². The molecule has 0 bridgehead atoms. The van der Waals surface area contributed by atoms with Crippen LogP contribution >= 0.6 is 0 Å². The Morgan fingerprint density at radius 3 is 1.36 bits per heavy atom. The molecule has 0 aromatic heterocycles. The lowest BCUT2D eigenvalue weighted by Gasteiger charge is -2.12. The van der Waals surface area contributed by atoms with Crippen molar-refractivity contribution in [1.29, 1.82) is 0 Å². The maximum Gasteiger partial charge on any atom is 0.340 e. The summed E-state index contributed by atoms with van der Waals surface area (Å²) >= 11 is 0. The van der Waals surface area contributed by atoms with Gasteiger partial charge in [0.05, 0.1) is 73.8 Å². The van der Waals surface area contributed by atoms with Gasteiger partial charge in [-0.2, -0.15) is 0 Å². The molecular formula is C34H44N2O17. The van der Waals surface area contributed by atoms with Gasteiger partial charge >= 0.3 is 17.9 Å². The van der Waals surface area contributed by atoms with Crippen molar-refractivity contribution in [2.75, 3.05) is 54.5 Å². The van der Waals surface area contributed by atoms with Crippen molar-refractivity contribution in [2.24, 2.45) is 0 Å². The first-order valence-electron chi connectivity index (χ1n) is 15.1. The largest absolute Gasteiger partial charge is 0.493 e. The number of carbonyl (C=O) groups excluding carboxylic acids is 3. The van der Waals surface area contributed by atoms with E-state index < -0.39 is 41.0 Å². The number of esters is 3. The number of nitro groups is 2. The minimum absolute atomic E-state index is 0.0522. The van der Waals surface area contributed by atoms with Crippen LogP contribution in [0.3, 0.4) is 0 Å². The molecule has 19 nitrogen and oxygen atoms in total. The lowest BCUT2D eigenvalue weighted by Crippen LogP contribution is -2.13. The van der Waals surface area contributed by atoms with E-state index in [1.165, 1.54) is 66.4 Å². The molecule has 0 fully saturated rings. The molecule has 2 N–H and O–H groups in total. The van der Waals surface area contributed by atoms with Crippen molar-refractivity contribution >= 4 is 29.3 Å². The van der Waals surface area contributed by atoms with E-state index >= 15 is 0 Å². The van der Waals surface area contributed by atoms with Gasteiger partial charge in [-0.3, -0.25) is 20.2 Å². The Bertz CT molecular complexity index is 1600. The highest BCUT2D eigenvalue weighted by Crippen LogP contribution is 2.35. The van der Waals surface area contributed by atoms with Crippen LogP contribution in [-0.4, -0.2) is 92.5 Å². The summed E-state index contributed by atoms with van der Waals surface area (Å²) in [4.78, 5) is 53.1. The Hall–Kier alpha value is -5.89. The summed E-state index contributed by atoms with van der Waals surface area (Å²) in [5.74, 6) is -1.01. The predicted octanol–water partition coefficient (Wildman–Crippen LogP) is 3.90. The Balaban J connectivity index is 0.000000822. The van der Waals surface area contributed by atoms with Gasteiger partial charge in [0, 0.05) is 23.8 Å². The first kappa shape index (κ1) is 47.1. The standard InChI is InChI=1S/C15H19NO8.C11H15NO6.C8H10O3/c1-10(2)15(18)24-9-22-4-5-23-14-7-12(16(19)20)11(8-17)6-13(14)21-3;1-16-3-4-18-11-6-9(12(14)15)8(7-13)5-10(11)17-2;1-5(2)7(9)11-8(10)6(3)4/h6-7,17H,1,4-5,8-9H2,2-3H3;5-6,13H,3-4,7H2,1-2H3;1,3H2,2,4H3. The van der Waals surface area contributed by atoms with Crippen LogP contribution in [0.2, 0.25) is 0 Å². The van der Waals surface area contributed by atoms with E-state index in [0.29, 0.717) is 12.4 Å². The Kier molecular flexibility index (Phi) is 22.3. The summed E-state index contributed by atoms with van der Waals surface area (Å²) in [5.41, 5.74) is 0.466. The van der Waals surface area contributed by atoms with Crippen LogP contribution < -0.4 is 18.9 Å². The van der Waals surface area contributed by atoms with Crippen molar-refractivity contribution in [1.82, 2.24) is 0 Å². The topological polar surface area (TPSA) is 252 Å². The normalized spacial score (nSPS) is 9.81. The monoisotopic (exact) mass is 752 g/mol. The number of nitrogens with zero attached hydrogens (tertiary/aromatic N) is 2. The zero-order valence-electron chi connectivity index (χ0n) is 30.3. The zero-order valence-corrected chi connectivity index (χ0v) is 30.3. The quantitative estimate of drug-likeness (QED) is 0.0392. The number of benzene rings is 2. The average molecular weight is 753 g/mol. The minimum atomic E-state index is -0.710. The Morgan fingerprint density at radius 1 is 0.642 bits per heavy atom. The van der Waals surface area contributed by atoms with E-state index in [4.69, 9.17) is 43.4 Å². The predicted molar refractivity (Wildman–Crippen MR) is 186 cm³/mol. The van der Waals surface area contributed by atoms with Gasteiger partial charge in [-0.15, -0.1) is 0 Å². The second-order valence-corrected chi connectivity index (χ2v) is 10.3. The third kappa shape index (κ3) is 17.3. The number of hydrogen-bond acceptors (Lipinski definition) is 17. The molecule has 0 unspecified atom stereocenters. The molecule has 0 atom stereocenters. The molecule has 0 spiro atoms. The average Bonchev–Trinajstić information content (AvgIpc) is 3.12. The summed E-state index contributed by atoms with van der Waals surface area (Å²) in [6.45, 7) is 14.1. The highest BCUT2D eigenvalue weighted by atomic mass is 16.7. The van der Waals surface area contributed by atoms with Crippen molar-refractivity contribution in [3.8, 4) is 23.0 Å². The molecule has 0 amide bonds. The van der Waals surface area contributed by atoms with Crippen LogP contribution in [0, 0.1) is 20.2 Å². The maximum absolute atomic E-state index is 11.1. The van der Waals surface area contributed by atoms with Gasteiger partial charge in [0.1, 0.15) is 13.2 Å². The highest BCUT2D eigenvalue weighted by Gasteiger charge is 2.20. The number of hydrogen-bond donors (Lipinski definition) is 2. The van der Waals surface area contributed by atoms with Crippen LogP contribution in [0.25, 0.3) is 0 Å². The Morgan fingerprint density at radius 2 is 1.04 bits per heavy atom. The first-order valence-corrected chi connectivity index (χ1v) is 15.1. The minimum Gasteiger partial charge on any atom is -0.493 e. The van der Waals surface area contributed by atoms with Gasteiger partial charge in [-0.05, 0) is 32.9 Å². The molecule has 2 aromatic carbocycles. The number of rotatable bonds is 19. The number of ether oxygens (including phenoxy) is 8. The second kappa shape index (κ2) is 25.1. The summed E-state index contributed by atoms with van der Waals surface area (Å²) in [7, 11) is 4.33. The van der Waals surface area contributed by atoms with Gasteiger partial charge in [0.25, 0.3) is 11.4 Å². The molecule has 0 aliphatic rings. The molecule has 0 aliphatic heterocycles. The van der Waals surface area contributed by atoms with E-state index in [2.05, 4.69) is 24.5 Å². The first-order chi connectivity index (χ1) is 25.0.